The van der Waals surface area contributed by atoms with Gasteiger partial charge in [-0.3, -0.25) is 0 Å². The lowest BCUT2D eigenvalue weighted by Crippen LogP contribution is -2.04. The predicted molar refractivity (Wildman–Crippen MR) is 55.0 cm³/mol. The fourth-order valence-electron chi connectivity index (χ4n) is 2.19. The van der Waals surface area contributed by atoms with Gasteiger partial charge in [0.25, 0.3) is 0 Å². The lowest BCUT2D eigenvalue weighted by Gasteiger charge is -2.20. The van der Waals surface area contributed by atoms with E-state index in [1.807, 2.05) is 5.92 Å². The summed E-state index contributed by atoms with van der Waals surface area (Å²) in [5.74, 6) is 2.73. The van der Waals surface area contributed by atoms with Crippen LogP contribution >= 0.6 is 0 Å². The Hall–Kier alpha value is 0. The van der Waals surface area contributed by atoms with E-state index in [-0.39, 0.29) is 0 Å². The molecule has 0 atom stereocenters. The highest BCUT2D eigenvalue weighted by Gasteiger charge is 2.12. The van der Waals surface area contributed by atoms with Gasteiger partial charge in [0, 0.05) is 0 Å². The Morgan fingerprint density at radius 2 is 1.42 bits per heavy atom. The van der Waals surface area contributed by atoms with Crippen molar-refractivity contribution < 1.29 is 0 Å². The van der Waals surface area contributed by atoms with Crippen molar-refractivity contribution in [2.24, 2.45) is 5.92 Å². The summed E-state index contributed by atoms with van der Waals surface area (Å²) in [5.41, 5.74) is 0. The molecule has 71 valence electrons. The summed E-state index contributed by atoms with van der Waals surface area (Å²) in [5, 5.41) is 0. The van der Waals surface area contributed by atoms with Gasteiger partial charge < -0.3 is 0 Å². The van der Waals surface area contributed by atoms with E-state index < -0.39 is 0 Å². The number of hydrogen-bond acceptors (Lipinski definition) is 0. The molecule has 0 bridgehead atoms. The number of rotatable bonds is 2. The van der Waals surface area contributed by atoms with E-state index >= 15 is 0 Å². The van der Waals surface area contributed by atoms with Crippen LogP contribution in [-0.2, 0) is 0 Å². The van der Waals surface area contributed by atoms with Crippen molar-refractivity contribution in [1.82, 2.24) is 0 Å². The van der Waals surface area contributed by atoms with E-state index in [2.05, 4.69) is 13.8 Å². The second-order valence-electron chi connectivity index (χ2n) is 4.62. The Bertz CT molecular complexity index is 96.6. The molecule has 0 spiro atoms. The van der Waals surface area contributed by atoms with Gasteiger partial charge in [-0.2, -0.15) is 0 Å². The maximum Gasteiger partial charge on any atom is -0.0238 e. The van der Waals surface area contributed by atoms with Crippen LogP contribution in [0.5, 0.6) is 0 Å². The van der Waals surface area contributed by atoms with Crippen LogP contribution < -0.4 is 0 Å². The molecule has 0 nitrogen and oxygen atoms in total. The summed E-state index contributed by atoms with van der Waals surface area (Å²) < 4.78 is 0. The van der Waals surface area contributed by atoms with E-state index in [9.17, 15) is 0 Å². The average molecular weight is 167 g/mol. The third kappa shape index (κ3) is 4.13. The predicted octanol–water partition coefficient (Wildman–Crippen LogP) is 4.35. The maximum atomic E-state index is 2.34. The molecule has 0 saturated heterocycles. The standard InChI is InChI=1S/C12H23/c1-11(2)10-12-8-6-4-3-5-7-9-12/h11H,3-10H2,1-2H3. The van der Waals surface area contributed by atoms with Crippen LogP contribution in [0.2, 0.25) is 0 Å². The Morgan fingerprint density at radius 1 is 0.917 bits per heavy atom. The first-order valence-corrected chi connectivity index (χ1v) is 5.62. The van der Waals surface area contributed by atoms with E-state index in [0.717, 1.165) is 5.92 Å². The van der Waals surface area contributed by atoms with Crippen molar-refractivity contribution in [2.75, 3.05) is 0 Å². The molecule has 1 aliphatic rings. The molecule has 0 aromatic heterocycles. The first-order valence-electron chi connectivity index (χ1n) is 5.62. The van der Waals surface area contributed by atoms with Crippen LogP contribution in [-0.4, -0.2) is 0 Å². The summed E-state index contributed by atoms with van der Waals surface area (Å²) in [6.07, 6.45) is 11.6. The van der Waals surface area contributed by atoms with Crippen LogP contribution in [0.1, 0.15) is 65.2 Å². The summed E-state index contributed by atoms with van der Waals surface area (Å²) >= 11 is 0. The molecular formula is C12H23. The van der Waals surface area contributed by atoms with Gasteiger partial charge in [0.2, 0.25) is 0 Å². The quantitative estimate of drug-likeness (QED) is 0.573. The molecule has 0 amide bonds. The van der Waals surface area contributed by atoms with Gasteiger partial charge in [-0.15, -0.1) is 0 Å². The third-order valence-electron chi connectivity index (χ3n) is 2.76. The van der Waals surface area contributed by atoms with Gasteiger partial charge in [0.1, 0.15) is 0 Å². The van der Waals surface area contributed by atoms with Crippen molar-refractivity contribution in [3.05, 3.63) is 5.92 Å². The Morgan fingerprint density at radius 3 is 1.92 bits per heavy atom. The van der Waals surface area contributed by atoms with Crippen LogP contribution in [0.15, 0.2) is 0 Å². The average Bonchev–Trinajstić information content (AvgIpc) is 1.93. The molecule has 1 saturated carbocycles. The summed E-state index contributed by atoms with van der Waals surface area (Å²) in [6, 6.07) is 0. The summed E-state index contributed by atoms with van der Waals surface area (Å²) in [4.78, 5) is 0. The minimum absolute atomic E-state index is 0.874. The minimum Gasteiger partial charge on any atom is -0.0628 e. The molecule has 0 heterocycles. The molecule has 1 fully saturated rings. The lowest BCUT2D eigenvalue weighted by molar-refractivity contribution is 0.469. The molecule has 1 aliphatic carbocycles. The molecule has 0 aromatic rings. The van der Waals surface area contributed by atoms with Crippen LogP contribution in [0.4, 0.5) is 0 Å². The normalized spacial score (nSPS) is 22.2. The van der Waals surface area contributed by atoms with Crippen molar-refractivity contribution in [3.63, 3.8) is 0 Å². The first kappa shape index (κ1) is 10.1. The molecule has 12 heavy (non-hydrogen) atoms. The summed E-state index contributed by atoms with van der Waals surface area (Å²) in [6.45, 7) is 4.68. The molecule has 0 N–H and O–H groups in total. The van der Waals surface area contributed by atoms with Crippen molar-refractivity contribution >= 4 is 0 Å². The van der Waals surface area contributed by atoms with Crippen LogP contribution in [0.3, 0.4) is 0 Å². The Balaban J connectivity index is 2.20. The zero-order valence-corrected chi connectivity index (χ0v) is 8.73. The molecule has 0 aromatic carbocycles. The van der Waals surface area contributed by atoms with E-state index in [4.69, 9.17) is 0 Å². The molecule has 1 rings (SSSR count). The van der Waals surface area contributed by atoms with Crippen molar-refractivity contribution in [3.8, 4) is 0 Å². The van der Waals surface area contributed by atoms with E-state index in [1.165, 1.54) is 51.4 Å². The summed E-state index contributed by atoms with van der Waals surface area (Å²) in [7, 11) is 0. The van der Waals surface area contributed by atoms with Crippen molar-refractivity contribution in [1.29, 1.82) is 0 Å². The highest BCUT2D eigenvalue weighted by Crippen LogP contribution is 2.28. The Kier molecular flexibility index (Phi) is 4.72. The highest BCUT2D eigenvalue weighted by molar-refractivity contribution is 4.90. The van der Waals surface area contributed by atoms with E-state index in [1.54, 1.807) is 0 Å². The largest absolute Gasteiger partial charge is 0.0628 e. The molecule has 0 heteroatoms. The topological polar surface area (TPSA) is 0 Å². The lowest BCUT2D eigenvalue weighted by atomic mass is 9.85. The van der Waals surface area contributed by atoms with Crippen molar-refractivity contribution in [2.45, 2.75) is 65.2 Å². The van der Waals surface area contributed by atoms with Crippen LogP contribution in [0.25, 0.3) is 0 Å². The Labute approximate surface area is 77.7 Å². The second-order valence-corrected chi connectivity index (χ2v) is 4.62. The fraction of sp³-hybridized carbons (Fsp3) is 0.917. The van der Waals surface area contributed by atoms with Gasteiger partial charge in [-0.1, -0.05) is 46.0 Å². The maximum absolute atomic E-state index is 2.34. The van der Waals surface area contributed by atoms with Gasteiger partial charge in [-0.05, 0) is 31.1 Å². The van der Waals surface area contributed by atoms with Gasteiger partial charge in [-0.25, -0.2) is 0 Å². The van der Waals surface area contributed by atoms with E-state index in [0.29, 0.717) is 0 Å². The third-order valence-corrected chi connectivity index (χ3v) is 2.76. The molecule has 0 unspecified atom stereocenters. The SMILES string of the molecule is CC(C)C[C]1CCCCCCC1. The zero-order chi connectivity index (χ0) is 8.81. The second kappa shape index (κ2) is 5.61. The smallest absolute Gasteiger partial charge is 0.0238 e. The van der Waals surface area contributed by atoms with Gasteiger partial charge >= 0.3 is 0 Å². The van der Waals surface area contributed by atoms with Crippen LogP contribution in [0, 0.1) is 11.8 Å². The highest BCUT2D eigenvalue weighted by atomic mass is 14.2. The van der Waals surface area contributed by atoms with Gasteiger partial charge in [0.05, 0.1) is 0 Å². The fourth-order valence-corrected chi connectivity index (χ4v) is 2.19. The zero-order valence-electron chi connectivity index (χ0n) is 8.73. The molecular weight excluding hydrogens is 144 g/mol. The van der Waals surface area contributed by atoms with Gasteiger partial charge in [0.15, 0.2) is 0 Å². The first-order chi connectivity index (χ1) is 5.79. The minimum atomic E-state index is 0.874. The molecule has 0 aliphatic heterocycles. The monoisotopic (exact) mass is 167 g/mol. The molecule has 1 radical (unpaired) electrons. The number of hydrogen-bond donors (Lipinski definition) is 0.